The Balaban J connectivity index is 1.78. The molecule has 0 aliphatic carbocycles. The van der Waals surface area contributed by atoms with Gasteiger partial charge >= 0.3 is 5.97 Å². The molecule has 1 aromatic heterocycles. The van der Waals surface area contributed by atoms with Gasteiger partial charge in [-0.05, 0) is 12.1 Å². The van der Waals surface area contributed by atoms with Crippen molar-refractivity contribution in [2.24, 2.45) is 5.92 Å². The third-order valence-corrected chi connectivity index (χ3v) is 2.94. The molecule has 0 saturated carbocycles. The minimum absolute atomic E-state index is 0.0876. The van der Waals surface area contributed by atoms with Crippen LogP contribution in [0.3, 0.4) is 0 Å². The minimum Gasteiger partial charge on any atom is -0.481 e. The molecule has 1 fully saturated rings. The number of nitrogens with one attached hydrogen (secondary N) is 1. The number of hydrogen-bond acceptors (Lipinski definition) is 4. The first kappa shape index (κ1) is 12.3. The number of nitrogens with zero attached hydrogens (tertiary/aromatic N) is 2. The van der Waals surface area contributed by atoms with E-state index >= 15 is 0 Å². The normalized spacial score (nSPS) is 19.0. The van der Waals surface area contributed by atoms with E-state index in [-0.39, 0.29) is 12.3 Å². The van der Waals surface area contributed by atoms with Crippen molar-refractivity contribution in [2.45, 2.75) is 6.42 Å². The van der Waals surface area contributed by atoms with Gasteiger partial charge in [0.1, 0.15) is 0 Å². The van der Waals surface area contributed by atoms with E-state index in [0.29, 0.717) is 19.6 Å². The highest BCUT2D eigenvalue weighted by molar-refractivity contribution is 5.86. The van der Waals surface area contributed by atoms with Crippen LogP contribution in [0.1, 0.15) is 6.42 Å². The van der Waals surface area contributed by atoms with Gasteiger partial charge < -0.3 is 15.3 Å². The van der Waals surface area contributed by atoms with Crippen molar-refractivity contribution in [1.82, 2.24) is 9.88 Å². The highest BCUT2D eigenvalue weighted by Gasteiger charge is 2.33. The summed E-state index contributed by atoms with van der Waals surface area (Å²) in [5, 5.41) is 12.0. The summed E-state index contributed by atoms with van der Waals surface area (Å²) >= 11 is 0. The SMILES string of the molecule is O=C(O)[C@@H]1CC(=O)N(CCNc2cccnc2)C1. The molecule has 6 heteroatoms. The van der Waals surface area contributed by atoms with Crippen LogP contribution in [-0.4, -0.2) is 46.5 Å². The summed E-state index contributed by atoms with van der Waals surface area (Å²) in [5.74, 6) is -1.54. The van der Waals surface area contributed by atoms with Crippen LogP contribution in [0.5, 0.6) is 0 Å². The maximum absolute atomic E-state index is 11.6. The Labute approximate surface area is 105 Å². The molecule has 0 bridgehead atoms. The van der Waals surface area contributed by atoms with E-state index in [9.17, 15) is 9.59 Å². The molecular formula is C12H15N3O3. The van der Waals surface area contributed by atoms with E-state index in [0.717, 1.165) is 5.69 Å². The summed E-state index contributed by atoms with van der Waals surface area (Å²) < 4.78 is 0. The fourth-order valence-corrected chi connectivity index (χ4v) is 1.96. The molecule has 1 aliphatic rings. The quantitative estimate of drug-likeness (QED) is 0.790. The van der Waals surface area contributed by atoms with Crippen molar-refractivity contribution in [3.05, 3.63) is 24.5 Å². The third-order valence-electron chi connectivity index (χ3n) is 2.94. The summed E-state index contributed by atoms with van der Waals surface area (Å²) in [6.07, 6.45) is 3.50. The van der Waals surface area contributed by atoms with Gasteiger partial charge in [0.05, 0.1) is 11.6 Å². The van der Waals surface area contributed by atoms with Crippen LogP contribution >= 0.6 is 0 Å². The van der Waals surface area contributed by atoms with Crippen molar-refractivity contribution in [3.8, 4) is 0 Å². The van der Waals surface area contributed by atoms with Crippen molar-refractivity contribution in [2.75, 3.05) is 25.0 Å². The van der Waals surface area contributed by atoms with E-state index < -0.39 is 11.9 Å². The first-order valence-electron chi connectivity index (χ1n) is 5.81. The molecule has 1 aliphatic heterocycles. The van der Waals surface area contributed by atoms with E-state index in [1.54, 1.807) is 17.3 Å². The second-order valence-corrected chi connectivity index (χ2v) is 4.25. The number of amides is 1. The third kappa shape index (κ3) is 2.97. The zero-order valence-corrected chi connectivity index (χ0v) is 9.87. The Kier molecular flexibility index (Phi) is 3.76. The van der Waals surface area contributed by atoms with Crippen LogP contribution < -0.4 is 5.32 Å². The molecule has 0 aromatic carbocycles. The fraction of sp³-hybridized carbons (Fsp3) is 0.417. The number of carbonyl (C=O) groups is 2. The summed E-state index contributed by atoms with van der Waals surface area (Å²) in [4.78, 5) is 27.9. The van der Waals surface area contributed by atoms with Crippen molar-refractivity contribution >= 4 is 17.6 Å². The van der Waals surface area contributed by atoms with Crippen LogP contribution in [0.2, 0.25) is 0 Å². The Hall–Kier alpha value is -2.11. The Morgan fingerprint density at radius 2 is 2.44 bits per heavy atom. The molecule has 1 aromatic rings. The highest BCUT2D eigenvalue weighted by Crippen LogP contribution is 2.17. The van der Waals surface area contributed by atoms with Gasteiger partial charge in [-0.15, -0.1) is 0 Å². The van der Waals surface area contributed by atoms with Gasteiger partial charge in [0, 0.05) is 38.4 Å². The van der Waals surface area contributed by atoms with Gasteiger partial charge in [-0.3, -0.25) is 14.6 Å². The van der Waals surface area contributed by atoms with Crippen molar-refractivity contribution < 1.29 is 14.7 Å². The number of rotatable bonds is 5. The number of carbonyl (C=O) groups excluding carboxylic acids is 1. The number of aromatic nitrogens is 1. The van der Waals surface area contributed by atoms with E-state index in [4.69, 9.17) is 5.11 Å². The fourth-order valence-electron chi connectivity index (χ4n) is 1.96. The van der Waals surface area contributed by atoms with Crippen LogP contribution in [0.25, 0.3) is 0 Å². The van der Waals surface area contributed by atoms with Gasteiger partial charge in [-0.1, -0.05) is 0 Å². The summed E-state index contributed by atoms with van der Waals surface area (Å²) in [6.45, 7) is 1.41. The lowest BCUT2D eigenvalue weighted by atomic mass is 10.1. The second-order valence-electron chi connectivity index (χ2n) is 4.25. The molecule has 2 rings (SSSR count). The zero-order chi connectivity index (χ0) is 13.0. The summed E-state index contributed by atoms with van der Waals surface area (Å²) in [6, 6.07) is 3.71. The number of carboxylic acid groups (broad SMARTS) is 1. The molecule has 1 atom stereocenters. The number of carboxylic acids is 1. The maximum atomic E-state index is 11.6. The average Bonchev–Trinajstić information content (AvgIpc) is 2.73. The molecule has 1 amide bonds. The number of hydrogen-bond donors (Lipinski definition) is 2. The molecule has 0 radical (unpaired) electrons. The first-order valence-corrected chi connectivity index (χ1v) is 5.81. The minimum atomic E-state index is -0.897. The van der Waals surface area contributed by atoms with Gasteiger partial charge in [0.2, 0.25) is 5.91 Å². The Morgan fingerprint density at radius 3 is 3.06 bits per heavy atom. The Morgan fingerprint density at radius 1 is 1.61 bits per heavy atom. The van der Waals surface area contributed by atoms with Gasteiger partial charge in [-0.25, -0.2) is 0 Å². The highest BCUT2D eigenvalue weighted by atomic mass is 16.4. The summed E-state index contributed by atoms with van der Waals surface area (Å²) in [7, 11) is 0. The Bertz CT molecular complexity index is 435. The molecule has 6 nitrogen and oxygen atoms in total. The predicted octanol–water partition coefficient (Wildman–Crippen LogP) is 0.427. The van der Waals surface area contributed by atoms with Crippen LogP contribution in [0.15, 0.2) is 24.5 Å². The van der Waals surface area contributed by atoms with Gasteiger partial charge in [0.15, 0.2) is 0 Å². The van der Waals surface area contributed by atoms with Gasteiger partial charge in [-0.2, -0.15) is 0 Å². The standard InChI is InChI=1S/C12H15N3O3/c16-11-6-9(12(17)18)8-15(11)5-4-14-10-2-1-3-13-7-10/h1-3,7,9,14H,4-6,8H2,(H,17,18)/t9-/m1/s1. The van der Waals surface area contributed by atoms with E-state index in [1.807, 2.05) is 12.1 Å². The molecule has 0 spiro atoms. The zero-order valence-electron chi connectivity index (χ0n) is 9.87. The van der Waals surface area contributed by atoms with Crippen LogP contribution in [0, 0.1) is 5.92 Å². The molecule has 96 valence electrons. The van der Waals surface area contributed by atoms with Crippen molar-refractivity contribution in [3.63, 3.8) is 0 Å². The second kappa shape index (κ2) is 5.48. The smallest absolute Gasteiger partial charge is 0.308 e. The number of likely N-dealkylation sites (tertiary alicyclic amines) is 1. The molecular weight excluding hydrogens is 234 g/mol. The van der Waals surface area contributed by atoms with Crippen LogP contribution in [-0.2, 0) is 9.59 Å². The molecule has 1 saturated heterocycles. The van der Waals surface area contributed by atoms with Crippen LogP contribution in [0.4, 0.5) is 5.69 Å². The predicted molar refractivity (Wildman–Crippen MR) is 65.0 cm³/mol. The largest absolute Gasteiger partial charge is 0.481 e. The van der Waals surface area contributed by atoms with Crippen molar-refractivity contribution in [1.29, 1.82) is 0 Å². The molecule has 2 heterocycles. The maximum Gasteiger partial charge on any atom is 0.308 e. The summed E-state index contributed by atoms with van der Waals surface area (Å²) in [5.41, 5.74) is 0.888. The number of aliphatic carboxylic acids is 1. The molecule has 0 unspecified atom stereocenters. The average molecular weight is 249 g/mol. The molecule has 2 N–H and O–H groups in total. The first-order chi connectivity index (χ1) is 8.66. The topological polar surface area (TPSA) is 82.5 Å². The van der Waals surface area contributed by atoms with Gasteiger partial charge in [0.25, 0.3) is 0 Å². The molecule has 18 heavy (non-hydrogen) atoms. The number of pyridine rings is 1. The number of anilines is 1. The lowest BCUT2D eigenvalue weighted by molar-refractivity contribution is -0.141. The lowest BCUT2D eigenvalue weighted by Crippen LogP contribution is -2.31. The monoisotopic (exact) mass is 249 g/mol. The van der Waals surface area contributed by atoms with E-state index in [1.165, 1.54) is 0 Å². The lowest BCUT2D eigenvalue weighted by Gasteiger charge is -2.16. The van der Waals surface area contributed by atoms with E-state index in [2.05, 4.69) is 10.3 Å².